The van der Waals surface area contributed by atoms with Gasteiger partial charge in [-0.1, -0.05) is 0 Å². The monoisotopic (exact) mass is 208 g/mol. The second-order valence-corrected chi connectivity index (χ2v) is 4.18. The average molecular weight is 209 g/mol. The highest BCUT2D eigenvalue weighted by Gasteiger charge is 2.48. The fraction of sp³-hybridized carbons (Fsp3) is 0.875. The molecule has 0 aromatic carbocycles. The van der Waals surface area contributed by atoms with Crippen LogP contribution in [-0.4, -0.2) is 38.9 Å². The highest BCUT2D eigenvalue weighted by Crippen LogP contribution is 2.42. The number of hydrogen-bond acceptors (Lipinski definition) is 3. The van der Waals surface area contributed by atoms with Crippen LogP contribution >= 0.6 is 11.6 Å². The Hall–Kier alpha value is -0.320. The minimum atomic E-state index is -1.15. The van der Waals surface area contributed by atoms with Crippen molar-refractivity contribution in [3.05, 3.63) is 0 Å². The Kier molecular flexibility index (Phi) is 3.16. The Morgan fingerprint density at radius 3 is 2.62 bits per heavy atom. The highest BCUT2D eigenvalue weighted by molar-refractivity contribution is 6.25. The van der Waals surface area contributed by atoms with E-state index in [1.807, 2.05) is 0 Å². The molecule has 1 saturated carbocycles. The molecule has 0 radical (unpaired) electrons. The van der Waals surface area contributed by atoms with Crippen molar-refractivity contribution in [1.82, 2.24) is 0 Å². The van der Waals surface area contributed by atoms with Gasteiger partial charge in [0.25, 0.3) is 0 Å². The smallest absolute Gasteiger partial charge is 0.303 e. The zero-order valence-electron chi connectivity index (χ0n) is 7.11. The molecule has 0 aromatic heterocycles. The molecule has 0 heterocycles. The summed E-state index contributed by atoms with van der Waals surface area (Å²) in [6.45, 7) is -0.381. The molecule has 0 aliphatic heterocycles. The average Bonchev–Trinajstić information content (AvgIpc) is 2.33. The van der Waals surface area contributed by atoms with E-state index in [1.54, 1.807) is 0 Å². The Balaban J connectivity index is 2.69. The Bertz CT molecular complexity index is 208. The Morgan fingerprint density at radius 1 is 1.54 bits per heavy atom. The SMILES string of the molecule is O=C(O)CC1CCC(O)C1(Cl)CO. The van der Waals surface area contributed by atoms with Crippen molar-refractivity contribution in [2.75, 3.05) is 6.61 Å². The Labute approximate surface area is 81.1 Å². The van der Waals surface area contributed by atoms with Crippen molar-refractivity contribution in [2.45, 2.75) is 30.2 Å². The third kappa shape index (κ3) is 1.95. The molecule has 76 valence electrons. The number of carbonyl (C=O) groups is 1. The first-order chi connectivity index (χ1) is 6.00. The molecular formula is C8H13ClO4. The molecule has 3 N–H and O–H groups in total. The van der Waals surface area contributed by atoms with Crippen LogP contribution in [0.2, 0.25) is 0 Å². The van der Waals surface area contributed by atoms with E-state index in [4.69, 9.17) is 21.8 Å². The molecule has 13 heavy (non-hydrogen) atoms. The molecule has 3 unspecified atom stereocenters. The maximum absolute atomic E-state index is 10.4. The number of hydrogen-bond donors (Lipinski definition) is 3. The van der Waals surface area contributed by atoms with Crippen LogP contribution < -0.4 is 0 Å². The van der Waals surface area contributed by atoms with Crippen molar-refractivity contribution in [3.8, 4) is 0 Å². The van der Waals surface area contributed by atoms with Crippen molar-refractivity contribution in [3.63, 3.8) is 0 Å². The number of aliphatic hydroxyl groups is 2. The van der Waals surface area contributed by atoms with Gasteiger partial charge in [0.1, 0.15) is 0 Å². The predicted molar refractivity (Wildman–Crippen MR) is 46.7 cm³/mol. The van der Waals surface area contributed by atoms with Crippen LogP contribution in [0.25, 0.3) is 0 Å². The number of halogens is 1. The van der Waals surface area contributed by atoms with Gasteiger partial charge in [0, 0.05) is 0 Å². The molecule has 0 spiro atoms. The molecule has 3 atom stereocenters. The topological polar surface area (TPSA) is 77.8 Å². The summed E-state index contributed by atoms with van der Waals surface area (Å²) >= 11 is 5.95. The highest BCUT2D eigenvalue weighted by atomic mass is 35.5. The standard InChI is InChI=1S/C8H13ClO4/c9-8(4-10)5(3-7(12)13)1-2-6(8)11/h5-6,10-11H,1-4H2,(H,12,13). The van der Waals surface area contributed by atoms with E-state index in [0.717, 1.165) is 0 Å². The van der Waals surface area contributed by atoms with Gasteiger partial charge in [0.2, 0.25) is 0 Å². The van der Waals surface area contributed by atoms with E-state index in [2.05, 4.69) is 0 Å². The first-order valence-corrected chi connectivity index (χ1v) is 4.58. The van der Waals surface area contributed by atoms with Crippen LogP contribution in [0.1, 0.15) is 19.3 Å². The molecule has 0 bridgehead atoms. The van der Waals surface area contributed by atoms with Gasteiger partial charge in [-0.3, -0.25) is 4.79 Å². The second kappa shape index (κ2) is 3.82. The van der Waals surface area contributed by atoms with Gasteiger partial charge in [0.15, 0.2) is 0 Å². The summed E-state index contributed by atoms with van der Waals surface area (Å²) in [5.74, 6) is -1.29. The lowest BCUT2D eigenvalue weighted by molar-refractivity contribution is -0.138. The van der Waals surface area contributed by atoms with Crippen molar-refractivity contribution < 1.29 is 20.1 Å². The predicted octanol–water partition coefficient (Wildman–Crippen LogP) is 0.202. The molecule has 0 aromatic rings. The first kappa shape index (κ1) is 10.8. The van der Waals surface area contributed by atoms with Crippen LogP contribution in [-0.2, 0) is 4.79 Å². The van der Waals surface area contributed by atoms with Gasteiger partial charge >= 0.3 is 5.97 Å². The van der Waals surface area contributed by atoms with E-state index in [-0.39, 0.29) is 18.9 Å². The van der Waals surface area contributed by atoms with E-state index in [9.17, 15) is 9.90 Å². The third-order valence-corrected chi connectivity index (χ3v) is 3.36. The molecule has 4 nitrogen and oxygen atoms in total. The van der Waals surface area contributed by atoms with Crippen LogP contribution in [0, 0.1) is 5.92 Å². The van der Waals surface area contributed by atoms with Crippen LogP contribution in [0.15, 0.2) is 0 Å². The summed E-state index contributed by atoms with van der Waals surface area (Å²) < 4.78 is 0. The lowest BCUT2D eigenvalue weighted by Gasteiger charge is -2.28. The summed E-state index contributed by atoms with van der Waals surface area (Å²) in [4.78, 5) is 9.29. The number of alkyl halides is 1. The largest absolute Gasteiger partial charge is 0.481 e. The van der Waals surface area contributed by atoms with E-state index in [1.165, 1.54) is 0 Å². The fourth-order valence-corrected chi connectivity index (χ4v) is 2.12. The lowest BCUT2D eigenvalue weighted by atomic mass is 9.91. The molecular weight excluding hydrogens is 196 g/mol. The summed E-state index contributed by atoms with van der Waals surface area (Å²) in [5, 5.41) is 27.0. The van der Waals surface area contributed by atoms with E-state index in [0.29, 0.717) is 12.8 Å². The molecule has 1 rings (SSSR count). The van der Waals surface area contributed by atoms with Crippen LogP contribution in [0.4, 0.5) is 0 Å². The molecule has 1 fully saturated rings. The minimum absolute atomic E-state index is 0.0961. The third-order valence-electron chi connectivity index (χ3n) is 2.68. The number of aliphatic carboxylic acids is 1. The van der Waals surface area contributed by atoms with Gasteiger partial charge in [-0.15, -0.1) is 11.6 Å². The van der Waals surface area contributed by atoms with E-state index < -0.39 is 16.9 Å². The molecule has 1 aliphatic rings. The Morgan fingerprint density at radius 2 is 2.15 bits per heavy atom. The van der Waals surface area contributed by atoms with Crippen molar-refractivity contribution >= 4 is 17.6 Å². The number of rotatable bonds is 3. The number of aliphatic hydroxyl groups excluding tert-OH is 2. The zero-order chi connectivity index (χ0) is 10.1. The minimum Gasteiger partial charge on any atom is -0.481 e. The van der Waals surface area contributed by atoms with Gasteiger partial charge in [-0.25, -0.2) is 0 Å². The first-order valence-electron chi connectivity index (χ1n) is 4.20. The van der Waals surface area contributed by atoms with Gasteiger partial charge < -0.3 is 15.3 Å². The number of carboxylic acids is 1. The van der Waals surface area contributed by atoms with Crippen molar-refractivity contribution in [2.24, 2.45) is 5.92 Å². The zero-order valence-corrected chi connectivity index (χ0v) is 7.87. The van der Waals surface area contributed by atoms with Gasteiger partial charge in [-0.2, -0.15) is 0 Å². The second-order valence-electron chi connectivity index (χ2n) is 3.47. The molecule has 5 heteroatoms. The molecule has 1 aliphatic carbocycles. The lowest BCUT2D eigenvalue weighted by Crippen LogP contribution is -2.41. The quantitative estimate of drug-likeness (QED) is 0.579. The van der Waals surface area contributed by atoms with E-state index >= 15 is 0 Å². The fourth-order valence-electron chi connectivity index (χ4n) is 1.83. The number of carboxylic acid groups (broad SMARTS) is 1. The summed E-state index contributed by atoms with van der Waals surface area (Å²) in [6, 6.07) is 0. The summed E-state index contributed by atoms with van der Waals surface area (Å²) in [6.07, 6.45) is 0.115. The molecule has 0 saturated heterocycles. The molecule has 0 amide bonds. The van der Waals surface area contributed by atoms with Crippen LogP contribution in [0.3, 0.4) is 0 Å². The maximum atomic E-state index is 10.4. The van der Waals surface area contributed by atoms with Gasteiger partial charge in [0.05, 0.1) is 24.0 Å². The van der Waals surface area contributed by atoms with Gasteiger partial charge in [-0.05, 0) is 18.8 Å². The maximum Gasteiger partial charge on any atom is 0.303 e. The van der Waals surface area contributed by atoms with Crippen LogP contribution in [0.5, 0.6) is 0 Å². The summed E-state index contributed by atoms with van der Waals surface area (Å²) in [5.41, 5.74) is 0. The summed E-state index contributed by atoms with van der Waals surface area (Å²) in [7, 11) is 0. The van der Waals surface area contributed by atoms with Crippen molar-refractivity contribution in [1.29, 1.82) is 0 Å². The normalized spacial score (nSPS) is 39.3.